The minimum absolute atomic E-state index is 0.117. The maximum atomic E-state index is 11.2. The largest absolute Gasteiger partial charge is 0.480 e. The minimum Gasteiger partial charge on any atom is -0.480 e. The van der Waals surface area contributed by atoms with E-state index >= 15 is 0 Å². The highest BCUT2D eigenvalue weighted by Crippen LogP contribution is 2.21. The molecule has 0 saturated carbocycles. The second-order valence-corrected chi connectivity index (χ2v) is 5.22. The van der Waals surface area contributed by atoms with Crippen LogP contribution >= 0.6 is 15.9 Å². The lowest BCUT2D eigenvalue weighted by Crippen LogP contribution is -2.54. The summed E-state index contributed by atoms with van der Waals surface area (Å²) in [6, 6.07) is 7.55. The van der Waals surface area contributed by atoms with Crippen molar-refractivity contribution in [3.05, 3.63) is 34.3 Å². The summed E-state index contributed by atoms with van der Waals surface area (Å²) in [6.45, 7) is 3.65. The summed E-state index contributed by atoms with van der Waals surface area (Å²) in [5, 5.41) is 9.18. The van der Waals surface area contributed by atoms with Gasteiger partial charge in [-0.2, -0.15) is 0 Å². The number of hydrogen-bond acceptors (Lipinski definition) is 2. The third-order valence-electron chi connectivity index (χ3n) is 2.84. The Hall–Kier alpha value is -0.870. The van der Waals surface area contributed by atoms with Gasteiger partial charge in [-0.25, -0.2) is 0 Å². The van der Waals surface area contributed by atoms with E-state index < -0.39 is 11.5 Å². The van der Waals surface area contributed by atoms with E-state index in [0.29, 0.717) is 6.42 Å². The predicted octanol–water partition coefficient (Wildman–Crippen LogP) is 2.43. The Balaban J connectivity index is 2.93. The van der Waals surface area contributed by atoms with Gasteiger partial charge >= 0.3 is 5.97 Å². The van der Waals surface area contributed by atoms with Gasteiger partial charge in [0.15, 0.2) is 0 Å². The topological polar surface area (TPSA) is 63.3 Å². The summed E-state index contributed by atoms with van der Waals surface area (Å²) in [6.07, 6.45) is 0.341. The fourth-order valence-electron chi connectivity index (χ4n) is 1.47. The molecule has 4 heteroatoms. The molecular formula is C12H16BrNO2. The summed E-state index contributed by atoms with van der Waals surface area (Å²) >= 11 is 3.34. The highest BCUT2D eigenvalue weighted by atomic mass is 79.9. The van der Waals surface area contributed by atoms with Crippen molar-refractivity contribution < 1.29 is 9.90 Å². The quantitative estimate of drug-likeness (QED) is 0.893. The molecule has 3 N–H and O–H groups in total. The van der Waals surface area contributed by atoms with Crippen LogP contribution in [0.2, 0.25) is 0 Å². The lowest BCUT2D eigenvalue weighted by molar-refractivity contribution is -0.145. The first-order chi connectivity index (χ1) is 7.36. The Morgan fingerprint density at radius 1 is 1.44 bits per heavy atom. The first-order valence-electron chi connectivity index (χ1n) is 5.13. The zero-order valence-corrected chi connectivity index (χ0v) is 11.0. The van der Waals surface area contributed by atoms with E-state index in [2.05, 4.69) is 15.9 Å². The van der Waals surface area contributed by atoms with Crippen molar-refractivity contribution in [2.24, 2.45) is 11.7 Å². The number of benzene rings is 1. The Bertz CT molecular complexity index is 375. The van der Waals surface area contributed by atoms with Crippen LogP contribution in [0.25, 0.3) is 0 Å². The van der Waals surface area contributed by atoms with Crippen molar-refractivity contribution in [3.8, 4) is 0 Å². The van der Waals surface area contributed by atoms with E-state index in [1.807, 2.05) is 38.1 Å². The number of carboxylic acids is 1. The number of rotatable bonds is 4. The van der Waals surface area contributed by atoms with E-state index in [1.165, 1.54) is 0 Å². The zero-order chi connectivity index (χ0) is 12.3. The van der Waals surface area contributed by atoms with E-state index in [1.54, 1.807) is 0 Å². The van der Waals surface area contributed by atoms with Crippen molar-refractivity contribution in [2.75, 3.05) is 0 Å². The highest BCUT2D eigenvalue weighted by molar-refractivity contribution is 9.10. The molecule has 0 amide bonds. The average molecular weight is 286 g/mol. The van der Waals surface area contributed by atoms with E-state index in [0.717, 1.165) is 10.0 Å². The van der Waals surface area contributed by atoms with Gasteiger partial charge in [0, 0.05) is 10.9 Å². The third kappa shape index (κ3) is 2.83. The van der Waals surface area contributed by atoms with Crippen molar-refractivity contribution in [1.82, 2.24) is 0 Å². The molecule has 0 aliphatic rings. The Morgan fingerprint density at radius 3 is 2.31 bits per heavy atom. The molecule has 0 spiro atoms. The van der Waals surface area contributed by atoms with Gasteiger partial charge in [-0.05, 0) is 23.6 Å². The smallest absolute Gasteiger partial charge is 0.324 e. The molecule has 0 saturated heterocycles. The molecule has 1 atom stereocenters. The summed E-state index contributed by atoms with van der Waals surface area (Å²) < 4.78 is 0.971. The lowest BCUT2D eigenvalue weighted by atomic mass is 9.82. The predicted molar refractivity (Wildman–Crippen MR) is 67.2 cm³/mol. The van der Waals surface area contributed by atoms with Crippen LogP contribution in [-0.2, 0) is 11.2 Å². The molecule has 88 valence electrons. The van der Waals surface area contributed by atoms with Crippen LogP contribution in [0.5, 0.6) is 0 Å². The van der Waals surface area contributed by atoms with Crippen LogP contribution in [0.1, 0.15) is 19.4 Å². The molecule has 0 heterocycles. The summed E-state index contributed by atoms with van der Waals surface area (Å²) in [5.41, 5.74) is 5.67. The van der Waals surface area contributed by atoms with Crippen molar-refractivity contribution in [3.63, 3.8) is 0 Å². The van der Waals surface area contributed by atoms with Crippen LogP contribution in [-0.4, -0.2) is 16.6 Å². The number of nitrogens with two attached hydrogens (primary N) is 1. The summed E-state index contributed by atoms with van der Waals surface area (Å²) in [7, 11) is 0. The van der Waals surface area contributed by atoms with Crippen LogP contribution in [0, 0.1) is 5.92 Å². The Kier molecular flexibility index (Phi) is 4.10. The second-order valence-electron chi connectivity index (χ2n) is 4.30. The fourth-order valence-corrected chi connectivity index (χ4v) is 1.73. The maximum Gasteiger partial charge on any atom is 0.324 e. The molecule has 0 aliphatic carbocycles. The molecule has 0 radical (unpaired) electrons. The molecule has 0 bridgehead atoms. The summed E-state index contributed by atoms with van der Waals surface area (Å²) in [5.74, 6) is -1.07. The van der Waals surface area contributed by atoms with Gasteiger partial charge in [0.2, 0.25) is 0 Å². The van der Waals surface area contributed by atoms with Gasteiger partial charge in [-0.3, -0.25) is 4.79 Å². The SMILES string of the molecule is CC(C)[C@@](N)(Cc1ccc(Br)cc1)C(=O)O. The van der Waals surface area contributed by atoms with Gasteiger partial charge < -0.3 is 10.8 Å². The number of carboxylic acid groups (broad SMARTS) is 1. The number of hydrogen-bond donors (Lipinski definition) is 2. The standard InChI is InChI=1S/C12H16BrNO2/c1-8(2)12(14,11(15)16)7-9-3-5-10(13)6-4-9/h3-6,8H,7,14H2,1-2H3,(H,15,16)/t12-/m0/s1. The molecule has 1 rings (SSSR count). The lowest BCUT2D eigenvalue weighted by Gasteiger charge is -2.29. The van der Waals surface area contributed by atoms with Crippen molar-refractivity contribution in [2.45, 2.75) is 25.8 Å². The first-order valence-corrected chi connectivity index (χ1v) is 5.92. The second kappa shape index (κ2) is 4.97. The van der Waals surface area contributed by atoms with Gasteiger partial charge in [0.05, 0.1) is 0 Å². The molecule has 1 aromatic rings. The zero-order valence-electron chi connectivity index (χ0n) is 9.40. The van der Waals surface area contributed by atoms with E-state index in [9.17, 15) is 9.90 Å². The normalized spacial score (nSPS) is 14.8. The van der Waals surface area contributed by atoms with Crippen LogP contribution in [0.15, 0.2) is 28.7 Å². The average Bonchev–Trinajstić information content (AvgIpc) is 2.20. The van der Waals surface area contributed by atoms with E-state index in [4.69, 9.17) is 5.73 Å². The van der Waals surface area contributed by atoms with Crippen molar-refractivity contribution >= 4 is 21.9 Å². The highest BCUT2D eigenvalue weighted by Gasteiger charge is 2.37. The molecule has 0 aromatic heterocycles. The van der Waals surface area contributed by atoms with Gasteiger partial charge in [-0.1, -0.05) is 41.9 Å². The number of aliphatic carboxylic acids is 1. The summed E-state index contributed by atoms with van der Waals surface area (Å²) in [4.78, 5) is 11.2. The van der Waals surface area contributed by atoms with Gasteiger partial charge in [-0.15, -0.1) is 0 Å². The van der Waals surface area contributed by atoms with Gasteiger partial charge in [0.25, 0.3) is 0 Å². The molecule has 1 aromatic carbocycles. The van der Waals surface area contributed by atoms with Crippen LogP contribution in [0.4, 0.5) is 0 Å². The fraction of sp³-hybridized carbons (Fsp3) is 0.417. The van der Waals surface area contributed by atoms with Crippen molar-refractivity contribution in [1.29, 1.82) is 0 Å². The Morgan fingerprint density at radius 2 is 1.94 bits per heavy atom. The maximum absolute atomic E-state index is 11.2. The van der Waals surface area contributed by atoms with Crippen LogP contribution < -0.4 is 5.73 Å². The van der Waals surface area contributed by atoms with Gasteiger partial charge in [0.1, 0.15) is 5.54 Å². The first kappa shape index (κ1) is 13.2. The molecule has 0 aliphatic heterocycles. The number of carbonyl (C=O) groups is 1. The number of halogens is 1. The Labute approximate surface area is 104 Å². The third-order valence-corrected chi connectivity index (χ3v) is 3.37. The van der Waals surface area contributed by atoms with E-state index in [-0.39, 0.29) is 5.92 Å². The molecule has 0 unspecified atom stereocenters. The molecular weight excluding hydrogens is 270 g/mol. The molecule has 3 nitrogen and oxygen atoms in total. The monoisotopic (exact) mass is 285 g/mol. The molecule has 0 fully saturated rings. The van der Waals surface area contributed by atoms with Crippen LogP contribution in [0.3, 0.4) is 0 Å². The minimum atomic E-state index is -1.20. The molecule has 16 heavy (non-hydrogen) atoms.